The first-order valence-corrected chi connectivity index (χ1v) is 7.98. The van der Waals surface area contributed by atoms with E-state index in [0.717, 1.165) is 19.3 Å². The number of nitrogens with two attached hydrogens (primary N) is 1. The largest absolute Gasteiger partial charge is 0.493 e. The Bertz CT molecular complexity index is 583. The SMILES string of the molecule is CCCCC(CN)NC(=O)c1cc(OCC)c(OC)cc1[N+](=O)[O-].Cl. The van der Waals surface area contributed by atoms with E-state index in [2.05, 4.69) is 5.32 Å². The number of methoxy groups -OCH3 is 1. The van der Waals surface area contributed by atoms with Gasteiger partial charge in [0.1, 0.15) is 5.56 Å². The normalized spacial score (nSPS) is 11.2. The Morgan fingerprint density at radius 3 is 2.52 bits per heavy atom. The van der Waals surface area contributed by atoms with Crippen LogP contribution in [0.1, 0.15) is 43.5 Å². The van der Waals surface area contributed by atoms with Gasteiger partial charge in [-0.15, -0.1) is 12.4 Å². The number of amides is 1. The van der Waals surface area contributed by atoms with Gasteiger partial charge in [-0.1, -0.05) is 19.8 Å². The maximum atomic E-state index is 12.5. The third-order valence-corrected chi connectivity index (χ3v) is 3.55. The van der Waals surface area contributed by atoms with Crippen LogP contribution in [0.25, 0.3) is 0 Å². The summed E-state index contributed by atoms with van der Waals surface area (Å²) < 4.78 is 10.5. The number of nitro benzene ring substituents is 1. The number of hydrogen-bond donors (Lipinski definition) is 2. The molecule has 1 unspecified atom stereocenters. The molecule has 0 heterocycles. The summed E-state index contributed by atoms with van der Waals surface area (Å²) in [6, 6.07) is 2.31. The van der Waals surface area contributed by atoms with Gasteiger partial charge in [0.2, 0.25) is 0 Å². The minimum atomic E-state index is -0.614. The van der Waals surface area contributed by atoms with E-state index in [1.54, 1.807) is 6.92 Å². The summed E-state index contributed by atoms with van der Waals surface area (Å²) in [5, 5.41) is 14.1. The lowest BCUT2D eigenvalue weighted by Gasteiger charge is -2.17. The molecule has 0 aliphatic heterocycles. The molecule has 0 bridgehead atoms. The third-order valence-electron chi connectivity index (χ3n) is 3.55. The Hall–Kier alpha value is -2.06. The number of nitrogens with one attached hydrogen (secondary N) is 1. The van der Waals surface area contributed by atoms with E-state index in [0.29, 0.717) is 6.61 Å². The molecule has 0 saturated heterocycles. The fourth-order valence-corrected chi connectivity index (χ4v) is 2.27. The van der Waals surface area contributed by atoms with Gasteiger partial charge >= 0.3 is 0 Å². The second-order valence-electron chi connectivity index (χ2n) is 5.26. The van der Waals surface area contributed by atoms with Gasteiger partial charge in [0.15, 0.2) is 11.5 Å². The van der Waals surface area contributed by atoms with E-state index >= 15 is 0 Å². The van der Waals surface area contributed by atoms with Crippen LogP contribution in [0.3, 0.4) is 0 Å². The predicted octanol–water partition coefficient (Wildman–Crippen LogP) is 2.67. The number of benzene rings is 1. The molecule has 0 aromatic heterocycles. The zero-order valence-electron chi connectivity index (χ0n) is 14.7. The molecule has 1 amide bonds. The number of hydrogen-bond acceptors (Lipinski definition) is 6. The van der Waals surface area contributed by atoms with Crippen molar-refractivity contribution in [1.29, 1.82) is 0 Å². The molecule has 0 radical (unpaired) electrons. The summed E-state index contributed by atoms with van der Waals surface area (Å²) in [4.78, 5) is 23.2. The molecule has 1 aromatic rings. The Labute approximate surface area is 153 Å². The van der Waals surface area contributed by atoms with Crippen molar-refractivity contribution in [2.24, 2.45) is 5.73 Å². The molecule has 1 rings (SSSR count). The number of carbonyl (C=O) groups is 1. The molecular weight excluding hydrogens is 350 g/mol. The lowest BCUT2D eigenvalue weighted by molar-refractivity contribution is -0.385. The van der Waals surface area contributed by atoms with Crippen molar-refractivity contribution in [2.45, 2.75) is 39.2 Å². The van der Waals surface area contributed by atoms with Gasteiger partial charge in [-0.3, -0.25) is 14.9 Å². The third kappa shape index (κ3) is 6.39. The smallest absolute Gasteiger partial charge is 0.286 e. The fourth-order valence-electron chi connectivity index (χ4n) is 2.27. The molecule has 3 N–H and O–H groups in total. The van der Waals surface area contributed by atoms with Gasteiger partial charge in [-0.25, -0.2) is 0 Å². The lowest BCUT2D eigenvalue weighted by Crippen LogP contribution is -2.40. The first-order valence-electron chi connectivity index (χ1n) is 7.98. The number of nitro groups is 1. The second kappa shape index (κ2) is 11.5. The highest BCUT2D eigenvalue weighted by Gasteiger charge is 2.25. The van der Waals surface area contributed by atoms with Crippen LogP contribution in [0, 0.1) is 10.1 Å². The molecule has 0 aliphatic carbocycles. The van der Waals surface area contributed by atoms with Gasteiger partial charge in [-0.05, 0) is 13.3 Å². The van der Waals surface area contributed by atoms with Gasteiger partial charge in [0.05, 0.1) is 24.7 Å². The average molecular weight is 376 g/mol. The van der Waals surface area contributed by atoms with Crippen LogP contribution in [-0.4, -0.2) is 37.1 Å². The molecule has 142 valence electrons. The van der Waals surface area contributed by atoms with E-state index in [1.807, 2.05) is 6.92 Å². The van der Waals surface area contributed by atoms with Crippen LogP contribution in [-0.2, 0) is 0 Å². The fraction of sp³-hybridized carbons (Fsp3) is 0.562. The maximum Gasteiger partial charge on any atom is 0.286 e. The summed E-state index contributed by atoms with van der Waals surface area (Å²) in [6.07, 6.45) is 2.61. The number of halogens is 1. The van der Waals surface area contributed by atoms with Crippen molar-refractivity contribution in [2.75, 3.05) is 20.3 Å². The Balaban J connectivity index is 0.00000576. The molecular formula is C16H26ClN3O5. The summed E-state index contributed by atoms with van der Waals surface area (Å²) in [7, 11) is 1.39. The van der Waals surface area contributed by atoms with Crippen LogP contribution < -0.4 is 20.5 Å². The second-order valence-corrected chi connectivity index (χ2v) is 5.26. The van der Waals surface area contributed by atoms with E-state index in [-0.39, 0.29) is 47.7 Å². The van der Waals surface area contributed by atoms with Crippen LogP contribution in [0.4, 0.5) is 5.69 Å². The predicted molar refractivity (Wildman–Crippen MR) is 97.9 cm³/mol. The number of carbonyl (C=O) groups excluding carboxylic acids is 1. The number of unbranched alkanes of at least 4 members (excludes halogenated alkanes) is 1. The Morgan fingerprint density at radius 2 is 2.04 bits per heavy atom. The Morgan fingerprint density at radius 1 is 1.36 bits per heavy atom. The van der Waals surface area contributed by atoms with Gasteiger partial charge < -0.3 is 20.5 Å². The highest BCUT2D eigenvalue weighted by atomic mass is 35.5. The molecule has 0 fully saturated rings. The van der Waals surface area contributed by atoms with E-state index < -0.39 is 10.8 Å². The molecule has 25 heavy (non-hydrogen) atoms. The van der Waals surface area contributed by atoms with E-state index in [9.17, 15) is 14.9 Å². The summed E-state index contributed by atoms with van der Waals surface area (Å²) in [5.74, 6) is -0.0491. The quantitative estimate of drug-likeness (QED) is 0.479. The first kappa shape index (κ1) is 22.9. The van der Waals surface area contributed by atoms with Crippen LogP contribution in [0.2, 0.25) is 0 Å². The van der Waals surface area contributed by atoms with Crippen molar-refractivity contribution in [3.63, 3.8) is 0 Å². The van der Waals surface area contributed by atoms with Crippen molar-refractivity contribution >= 4 is 24.0 Å². The molecule has 9 heteroatoms. The van der Waals surface area contributed by atoms with Gasteiger partial charge in [0.25, 0.3) is 11.6 Å². The number of rotatable bonds is 10. The van der Waals surface area contributed by atoms with Crippen molar-refractivity contribution in [3.8, 4) is 11.5 Å². The minimum Gasteiger partial charge on any atom is -0.493 e. The monoisotopic (exact) mass is 375 g/mol. The molecule has 0 saturated carbocycles. The van der Waals surface area contributed by atoms with Crippen LogP contribution in [0.5, 0.6) is 11.5 Å². The van der Waals surface area contributed by atoms with E-state index in [4.69, 9.17) is 15.2 Å². The van der Waals surface area contributed by atoms with Gasteiger partial charge in [-0.2, -0.15) is 0 Å². The maximum absolute atomic E-state index is 12.5. The highest BCUT2D eigenvalue weighted by molar-refractivity contribution is 5.99. The molecule has 0 aliphatic rings. The number of nitrogens with zero attached hydrogens (tertiary/aromatic N) is 1. The van der Waals surface area contributed by atoms with Crippen LogP contribution in [0.15, 0.2) is 12.1 Å². The Kier molecular flexibility index (Phi) is 10.5. The standard InChI is InChI=1S/C16H25N3O5.ClH/c1-4-6-7-11(10-17)18-16(20)12-8-15(24-5-2)14(23-3)9-13(12)19(21)22;/h8-9,11H,4-7,10,17H2,1-3H3,(H,18,20);1H. The summed E-state index contributed by atoms with van der Waals surface area (Å²) in [6.45, 7) is 4.43. The molecule has 8 nitrogen and oxygen atoms in total. The van der Waals surface area contributed by atoms with Crippen LogP contribution >= 0.6 is 12.4 Å². The van der Waals surface area contributed by atoms with Crippen molar-refractivity contribution in [1.82, 2.24) is 5.32 Å². The summed E-state index contributed by atoms with van der Waals surface area (Å²) in [5.41, 5.74) is 5.26. The zero-order chi connectivity index (χ0) is 18.1. The molecule has 1 aromatic carbocycles. The van der Waals surface area contributed by atoms with Crippen molar-refractivity contribution < 1.29 is 19.2 Å². The molecule has 0 spiro atoms. The van der Waals surface area contributed by atoms with Gasteiger partial charge in [0, 0.05) is 18.7 Å². The highest BCUT2D eigenvalue weighted by Crippen LogP contribution is 2.34. The number of ether oxygens (including phenoxy) is 2. The first-order chi connectivity index (χ1) is 11.5. The topological polar surface area (TPSA) is 117 Å². The van der Waals surface area contributed by atoms with E-state index in [1.165, 1.54) is 19.2 Å². The zero-order valence-corrected chi connectivity index (χ0v) is 15.6. The lowest BCUT2D eigenvalue weighted by atomic mass is 10.1. The van der Waals surface area contributed by atoms with Crippen molar-refractivity contribution in [3.05, 3.63) is 27.8 Å². The average Bonchev–Trinajstić information content (AvgIpc) is 2.57. The molecule has 1 atom stereocenters. The minimum absolute atomic E-state index is 0. The summed E-state index contributed by atoms with van der Waals surface area (Å²) >= 11 is 0.